The molecule has 23 heavy (non-hydrogen) atoms. The molecule has 0 saturated heterocycles. The molecular weight excluding hydrogens is 288 g/mol. The number of aryl methyl sites for hydroxylation is 2. The maximum atomic E-state index is 12.0. The Bertz CT molecular complexity index is 676. The number of amides is 2. The molecular formula is C19H22N2O2. The van der Waals surface area contributed by atoms with Crippen molar-refractivity contribution < 1.29 is 9.59 Å². The first-order chi connectivity index (χ1) is 11.0. The van der Waals surface area contributed by atoms with E-state index in [0.717, 1.165) is 16.7 Å². The van der Waals surface area contributed by atoms with E-state index in [9.17, 15) is 9.59 Å². The van der Waals surface area contributed by atoms with Crippen LogP contribution in [0.25, 0.3) is 0 Å². The summed E-state index contributed by atoms with van der Waals surface area (Å²) < 4.78 is 0. The lowest BCUT2D eigenvalue weighted by Crippen LogP contribution is -2.37. The number of carbonyl (C=O) groups is 2. The van der Waals surface area contributed by atoms with Gasteiger partial charge in [0.2, 0.25) is 0 Å². The molecule has 4 heteroatoms. The molecule has 0 bridgehead atoms. The van der Waals surface area contributed by atoms with Gasteiger partial charge in [0.05, 0.1) is 0 Å². The summed E-state index contributed by atoms with van der Waals surface area (Å²) in [4.78, 5) is 23.9. The van der Waals surface area contributed by atoms with Crippen molar-refractivity contribution in [2.24, 2.45) is 0 Å². The summed E-state index contributed by atoms with van der Waals surface area (Å²) in [6, 6.07) is 15.6. The minimum Gasteiger partial charge on any atom is -0.347 e. The second kappa shape index (κ2) is 7.58. The smallest absolute Gasteiger partial charge is 0.313 e. The summed E-state index contributed by atoms with van der Waals surface area (Å²) in [5, 5.41) is 5.32. The molecule has 2 aromatic carbocycles. The molecule has 0 radical (unpaired) electrons. The summed E-state index contributed by atoms with van der Waals surface area (Å²) >= 11 is 0. The monoisotopic (exact) mass is 310 g/mol. The maximum Gasteiger partial charge on any atom is 0.313 e. The van der Waals surface area contributed by atoms with E-state index < -0.39 is 11.8 Å². The molecule has 1 atom stereocenters. The average Bonchev–Trinajstić information content (AvgIpc) is 2.52. The van der Waals surface area contributed by atoms with Crippen LogP contribution < -0.4 is 10.6 Å². The van der Waals surface area contributed by atoms with E-state index in [4.69, 9.17) is 0 Å². The Labute approximate surface area is 136 Å². The lowest BCUT2D eigenvalue weighted by atomic mass is 10.0. The van der Waals surface area contributed by atoms with Gasteiger partial charge in [-0.2, -0.15) is 0 Å². The van der Waals surface area contributed by atoms with Gasteiger partial charge in [-0.15, -0.1) is 0 Å². The molecule has 4 nitrogen and oxygen atoms in total. The number of hydrogen-bond donors (Lipinski definition) is 2. The molecule has 1 unspecified atom stereocenters. The highest BCUT2D eigenvalue weighted by Gasteiger charge is 2.15. The van der Waals surface area contributed by atoms with E-state index in [-0.39, 0.29) is 5.92 Å². The molecule has 0 aromatic heterocycles. The summed E-state index contributed by atoms with van der Waals surface area (Å²) in [6.45, 7) is 6.33. The first-order valence-corrected chi connectivity index (χ1v) is 7.68. The zero-order valence-corrected chi connectivity index (χ0v) is 13.7. The second-order valence-corrected chi connectivity index (χ2v) is 5.85. The van der Waals surface area contributed by atoms with Gasteiger partial charge in [-0.1, -0.05) is 43.3 Å². The molecule has 0 aliphatic carbocycles. The number of hydrogen-bond acceptors (Lipinski definition) is 2. The van der Waals surface area contributed by atoms with Crippen LogP contribution >= 0.6 is 0 Å². The van der Waals surface area contributed by atoms with Gasteiger partial charge < -0.3 is 10.6 Å². The molecule has 0 aliphatic heterocycles. The quantitative estimate of drug-likeness (QED) is 0.852. The van der Waals surface area contributed by atoms with Crippen molar-refractivity contribution in [1.29, 1.82) is 0 Å². The van der Waals surface area contributed by atoms with E-state index >= 15 is 0 Å². The molecule has 0 heterocycles. The average molecular weight is 310 g/mol. The Kier molecular flexibility index (Phi) is 5.52. The Morgan fingerprint density at radius 2 is 1.57 bits per heavy atom. The fourth-order valence-electron chi connectivity index (χ4n) is 2.46. The summed E-state index contributed by atoms with van der Waals surface area (Å²) in [5.74, 6) is -1.11. The predicted molar refractivity (Wildman–Crippen MR) is 92.4 cm³/mol. The molecule has 120 valence electrons. The van der Waals surface area contributed by atoms with Crippen LogP contribution in [0.2, 0.25) is 0 Å². The van der Waals surface area contributed by atoms with Crippen molar-refractivity contribution in [1.82, 2.24) is 5.32 Å². The van der Waals surface area contributed by atoms with Crippen molar-refractivity contribution in [3.8, 4) is 0 Å². The summed E-state index contributed by atoms with van der Waals surface area (Å²) in [5.41, 5.74) is 3.85. The van der Waals surface area contributed by atoms with Gasteiger partial charge in [0.1, 0.15) is 0 Å². The first kappa shape index (κ1) is 16.7. The van der Waals surface area contributed by atoms with Gasteiger partial charge in [0, 0.05) is 12.2 Å². The van der Waals surface area contributed by atoms with Crippen molar-refractivity contribution in [3.05, 3.63) is 65.2 Å². The SMILES string of the molecule is Cc1cc(C)cc(NC(=O)C(=O)NCC(C)c2ccccc2)c1. The Hall–Kier alpha value is -2.62. The number of nitrogens with one attached hydrogen (secondary N) is 2. The van der Waals surface area contributed by atoms with Crippen LogP contribution in [-0.4, -0.2) is 18.4 Å². The second-order valence-electron chi connectivity index (χ2n) is 5.85. The lowest BCUT2D eigenvalue weighted by Gasteiger charge is -2.13. The summed E-state index contributed by atoms with van der Waals surface area (Å²) in [6.07, 6.45) is 0. The summed E-state index contributed by atoms with van der Waals surface area (Å²) in [7, 11) is 0. The fraction of sp³-hybridized carbons (Fsp3) is 0.263. The molecule has 2 aromatic rings. The fourth-order valence-corrected chi connectivity index (χ4v) is 2.46. The largest absolute Gasteiger partial charge is 0.347 e. The third kappa shape index (κ3) is 4.95. The Balaban J connectivity index is 1.89. The van der Waals surface area contributed by atoms with Crippen LogP contribution in [0.15, 0.2) is 48.5 Å². The van der Waals surface area contributed by atoms with Crippen LogP contribution in [0, 0.1) is 13.8 Å². The number of benzene rings is 2. The van der Waals surface area contributed by atoms with Crippen molar-refractivity contribution in [2.75, 3.05) is 11.9 Å². The zero-order chi connectivity index (χ0) is 16.8. The van der Waals surface area contributed by atoms with Crippen LogP contribution in [0.3, 0.4) is 0 Å². The van der Waals surface area contributed by atoms with Gasteiger partial charge in [-0.05, 0) is 48.6 Å². The molecule has 0 spiro atoms. The van der Waals surface area contributed by atoms with Gasteiger partial charge in [0.25, 0.3) is 0 Å². The number of carbonyl (C=O) groups excluding carboxylic acids is 2. The molecule has 2 amide bonds. The van der Waals surface area contributed by atoms with E-state index in [2.05, 4.69) is 10.6 Å². The first-order valence-electron chi connectivity index (χ1n) is 7.68. The molecule has 0 fully saturated rings. The van der Waals surface area contributed by atoms with E-state index in [1.165, 1.54) is 0 Å². The highest BCUT2D eigenvalue weighted by atomic mass is 16.2. The molecule has 0 saturated carbocycles. The molecule has 2 N–H and O–H groups in total. The van der Waals surface area contributed by atoms with Gasteiger partial charge in [0.15, 0.2) is 0 Å². The Morgan fingerprint density at radius 3 is 2.17 bits per heavy atom. The number of anilines is 1. The van der Waals surface area contributed by atoms with E-state index in [1.807, 2.05) is 69.3 Å². The third-order valence-corrected chi connectivity index (χ3v) is 3.62. The topological polar surface area (TPSA) is 58.2 Å². The molecule has 0 aliphatic rings. The maximum absolute atomic E-state index is 12.0. The predicted octanol–water partition coefficient (Wildman–Crippen LogP) is 3.16. The van der Waals surface area contributed by atoms with Crippen molar-refractivity contribution >= 4 is 17.5 Å². The van der Waals surface area contributed by atoms with Crippen LogP contribution in [0.4, 0.5) is 5.69 Å². The van der Waals surface area contributed by atoms with Crippen molar-refractivity contribution in [3.63, 3.8) is 0 Å². The minimum atomic E-state index is -0.643. The highest BCUT2D eigenvalue weighted by molar-refractivity contribution is 6.39. The highest BCUT2D eigenvalue weighted by Crippen LogP contribution is 2.14. The number of rotatable bonds is 4. The standard InChI is InChI=1S/C19H22N2O2/c1-13-9-14(2)11-17(10-13)21-19(23)18(22)20-12-15(3)16-7-5-4-6-8-16/h4-11,15H,12H2,1-3H3,(H,20,22)(H,21,23). The van der Waals surface area contributed by atoms with Crippen LogP contribution in [0.5, 0.6) is 0 Å². The van der Waals surface area contributed by atoms with E-state index in [1.54, 1.807) is 0 Å². The van der Waals surface area contributed by atoms with Crippen molar-refractivity contribution in [2.45, 2.75) is 26.7 Å². The minimum absolute atomic E-state index is 0.147. The van der Waals surface area contributed by atoms with Crippen LogP contribution in [0.1, 0.15) is 29.5 Å². The van der Waals surface area contributed by atoms with Gasteiger partial charge >= 0.3 is 11.8 Å². The Morgan fingerprint density at radius 1 is 0.957 bits per heavy atom. The lowest BCUT2D eigenvalue weighted by molar-refractivity contribution is -0.136. The van der Waals surface area contributed by atoms with Gasteiger partial charge in [-0.25, -0.2) is 0 Å². The van der Waals surface area contributed by atoms with E-state index in [0.29, 0.717) is 12.2 Å². The zero-order valence-electron chi connectivity index (χ0n) is 13.7. The molecule has 2 rings (SSSR count). The van der Waals surface area contributed by atoms with Crippen LogP contribution in [-0.2, 0) is 9.59 Å². The normalized spacial score (nSPS) is 11.6. The third-order valence-electron chi connectivity index (χ3n) is 3.62. The van der Waals surface area contributed by atoms with Gasteiger partial charge in [-0.3, -0.25) is 9.59 Å².